The molecule has 4 saturated carbocycles. The van der Waals surface area contributed by atoms with E-state index in [2.05, 4.69) is 25.5 Å². The van der Waals surface area contributed by atoms with Crippen molar-refractivity contribution >= 4 is 11.4 Å². The number of nitrogen functional groups attached to an aromatic ring is 2. The molecule has 0 heterocycles. The molecule has 0 bridgehead atoms. The molecule has 0 radical (unpaired) electrons. The highest BCUT2D eigenvalue weighted by Crippen LogP contribution is 2.68. The van der Waals surface area contributed by atoms with Crippen LogP contribution in [0.1, 0.15) is 124 Å². The molecule has 2 unspecified atom stereocenters. The first-order valence-electron chi connectivity index (χ1n) is 18.7. The van der Waals surface area contributed by atoms with Gasteiger partial charge in [0.1, 0.15) is 0 Å². The minimum Gasteiger partial charge on any atom is -0.399 e. The van der Waals surface area contributed by atoms with Gasteiger partial charge in [-0.25, -0.2) is 0 Å². The molecule has 1 aromatic carbocycles. The predicted molar refractivity (Wildman–Crippen MR) is 181 cm³/mol. The van der Waals surface area contributed by atoms with Crippen LogP contribution in [0, 0.1) is 57.7 Å². The zero-order chi connectivity index (χ0) is 37.3. The number of halogens is 8. The number of fused-ring (bicyclic) bond motifs is 5. The molecule has 9 atom stereocenters. The van der Waals surface area contributed by atoms with Crippen LogP contribution in [0.25, 0.3) is 0 Å². The van der Waals surface area contributed by atoms with Crippen molar-refractivity contribution in [3.8, 4) is 0 Å². The number of hydrogen-bond acceptors (Lipinski definition) is 3. The van der Waals surface area contributed by atoms with E-state index in [1.54, 1.807) is 0 Å². The van der Waals surface area contributed by atoms with Gasteiger partial charge >= 0.3 is 23.9 Å². The van der Waals surface area contributed by atoms with E-state index in [0.29, 0.717) is 41.7 Å². The van der Waals surface area contributed by atoms with E-state index in [1.807, 2.05) is 13.8 Å². The fourth-order valence-corrected chi connectivity index (χ4v) is 11.3. The fraction of sp³-hybridized carbons (Fsp3) is 0.846. The van der Waals surface area contributed by atoms with Crippen LogP contribution in [0.4, 0.5) is 46.5 Å². The van der Waals surface area contributed by atoms with Gasteiger partial charge in [-0.2, -0.15) is 35.1 Å². The molecule has 4 aliphatic rings. The standard InChI is InChI=1S/C39H58F8N2O/c1-23(30-12-13-31-29-11-10-25-9-7-8-16-34(25,5)32(29)15-18-35(30,31)6)14-17-33(3,4)24(2)22-50-39(46,47)38(44,45)37(42,43)36(40,41)26-19-27(48)21-28(49)20-26/h19-21,23-25,29-32H,7-18,22,48-49H2,1-6H3/t23-,24?,25?,29+,30-,31+,32+,34+,35-/m1/s1. The number of nitrogens with two attached hydrogens (primary N) is 2. The van der Waals surface area contributed by atoms with E-state index in [-0.39, 0.29) is 5.41 Å². The van der Waals surface area contributed by atoms with Crippen LogP contribution in [-0.4, -0.2) is 24.6 Å². The van der Waals surface area contributed by atoms with Crippen molar-refractivity contribution in [1.82, 2.24) is 0 Å². The molecule has 50 heavy (non-hydrogen) atoms. The Hall–Kier alpha value is -1.78. The summed E-state index contributed by atoms with van der Waals surface area (Å²) in [4.78, 5) is 0. The number of ether oxygens (including phenoxy) is 1. The zero-order valence-corrected chi connectivity index (χ0v) is 30.6. The molecule has 0 spiro atoms. The second kappa shape index (κ2) is 13.3. The molecule has 11 heteroatoms. The van der Waals surface area contributed by atoms with E-state index in [4.69, 9.17) is 11.5 Å². The largest absolute Gasteiger partial charge is 0.426 e. The Morgan fingerprint density at radius 1 is 0.760 bits per heavy atom. The fourth-order valence-electron chi connectivity index (χ4n) is 11.3. The van der Waals surface area contributed by atoms with Crippen LogP contribution in [0.2, 0.25) is 0 Å². The van der Waals surface area contributed by atoms with Crippen LogP contribution >= 0.6 is 0 Å². The summed E-state index contributed by atoms with van der Waals surface area (Å²) in [6, 6.07) is 1.53. The second-order valence-electron chi connectivity index (χ2n) is 18.0. The van der Waals surface area contributed by atoms with Crippen molar-refractivity contribution < 1.29 is 39.9 Å². The van der Waals surface area contributed by atoms with Crippen molar-refractivity contribution in [2.75, 3.05) is 18.1 Å². The smallest absolute Gasteiger partial charge is 0.399 e. The average Bonchev–Trinajstić information content (AvgIpc) is 3.38. The summed E-state index contributed by atoms with van der Waals surface area (Å²) in [7, 11) is 0. The maximum absolute atomic E-state index is 14.8. The topological polar surface area (TPSA) is 61.3 Å². The first-order valence-corrected chi connectivity index (χ1v) is 18.7. The SMILES string of the molecule is CC(COC(F)(F)C(F)(F)C(F)(F)C(F)(F)c1cc(N)cc(N)c1)C(C)(C)CC[C@@H](C)[C@H]1CC[C@H]2[C@@H]3CCC4CCCC[C@]4(C)[C@H]3CC[C@]12C. The summed E-state index contributed by atoms with van der Waals surface area (Å²) in [6.07, 6.45) is 8.50. The van der Waals surface area contributed by atoms with Gasteiger partial charge in [-0.15, -0.1) is 0 Å². The lowest BCUT2D eigenvalue weighted by molar-refractivity contribution is -0.431. The van der Waals surface area contributed by atoms with Gasteiger partial charge in [0.15, 0.2) is 0 Å². The summed E-state index contributed by atoms with van der Waals surface area (Å²) in [6.45, 7) is 11.4. The third-order valence-corrected chi connectivity index (χ3v) is 14.9. The van der Waals surface area contributed by atoms with Crippen LogP contribution < -0.4 is 11.5 Å². The van der Waals surface area contributed by atoms with Crippen LogP contribution in [-0.2, 0) is 10.7 Å². The molecule has 0 aliphatic heterocycles. The molecule has 0 aromatic heterocycles. The van der Waals surface area contributed by atoms with Crippen LogP contribution in [0.15, 0.2) is 18.2 Å². The number of anilines is 2. The highest BCUT2D eigenvalue weighted by Gasteiger charge is 2.82. The van der Waals surface area contributed by atoms with Crippen molar-refractivity contribution in [3.63, 3.8) is 0 Å². The lowest BCUT2D eigenvalue weighted by Crippen LogP contribution is -2.62. The molecular weight excluding hydrogens is 664 g/mol. The Morgan fingerprint density at radius 2 is 1.38 bits per heavy atom. The zero-order valence-electron chi connectivity index (χ0n) is 30.6. The third-order valence-electron chi connectivity index (χ3n) is 14.9. The Bertz CT molecular complexity index is 1350. The second-order valence-corrected chi connectivity index (χ2v) is 18.0. The molecule has 4 aliphatic carbocycles. The van der Waals surface area contributed by atoms with Gasteiger partial charge in [-0.1, -0.05) is 54.4 Å². The van der Waals surface area contributed by atoms with Crippen molar-refractivity contribution in [2.24, 2.45) is 57.7 Å². The van der Waals surface area contributed by atoms with E-state index >= 15 is 0 Å². The summed E-state index contributed by atoms with van der Waals surface area (Å²) in [5, 5.41) is 0. The first-order chi connectivity index (χ1) is 22.9. The van der Waals surface area contributed by atoms with Gasteiger partial charge in [0.25, 0.3) is 0 Å². The molecule has 4 fully saturated rings. The lowest BCUT2D eigenvalue weighted by atomic mass is 9.44. The summed E-state index contributed by atoms with van der Waals surface area (Å²) in [5.41, 5.74) is 8.01. The van der Waals surface area contributed by atoms with Gasteiger partial charge in [-0.3, -0.25) is 0 Å². The Balaban J connectivity index is 1.19. The maximum Gasteiger partial charge on any atom is 0.426 e. The number of benzene rings is 1. The number of rotatable bonds is 12. The first kappa shape index (κ1) is 39.4. The van der Waals surface area contributed by atoms with E-state index < -0.39 is 58.8 Å². The molecule has 0 saturated heterocycles. The van der Waals surface area contributed by atoms with Gasteiger partial charge in [-0.05, 0) is 140 Å². The Labute approximate surface area is 293 Å². The molecule has 0 amide bonds. The Kier molecular flexibility index (Phi) is 10.5. The minimum absolute atomic E-state index is 0.245. The highest BCUT2D eigenvalue weighted by molar-refractivity contribution is 5.55. The molecular formula is C39H58F8N2O. The number of alkyl halides is 8. The quantitative estimate of drug-likeness (QED) is 0.167. The molecule has 5 rings (SSSR count). The number of hydrogen-bond donors (Lipinski definition) is 2. The molecule has 4 N–H and O–H groups in total. The molecule has 286 valence electrons. The van der Waals surface area contributed by atoms with Crippen molar-refractivity contribution in [3.05, 3.63) is 23.8 Å². The normalized spacial score (nSPS) is 33.7. The maximum atomic E-state index is 14.8. The average molecular weight is 723 g/mol. The lowest BCUT2D eigenvalue weighted by Gasteiger charge is -2.61. The molecule has 1 aromatic rings. The minimum atomic E-state index is -6.57. The van der Waals surface area contributed by atoms with Crippen molar-refractivity contribution in [2.45, 2.75) is 142 Å². The third kappa shape index (κ3) is 6.43. The summed E-state index contributed by atoms with van der Waals surface area (Å²) >= 11 is 0. The summed E-state index contributed by atoms with van der Waals surface area (Å²) in [5.74, 6) is -15.6. The van der Waals surface area contributed by atoms with Gasteiger partial charge in [0, 0.05) is 16.9 Å². The van der Waals surface area contributed by atoms with Gasteiger partial charge < -0.3 is 16.2 Å². The van der Waals surface area contributed by atoms with Crippen LogP contribution in [0.3, 0.4) is 0 Å². The molecule has 3 nitrogen and oxygen atoms in total. The summed E-state index contributed by atoms with van der Waals surface area (Å²) < 4.78 is 122. The van der Waals surface area contributed by atoms with Gasteiger partial charge in [0.05, 0.1) is 6.61 Å². The highest BCUT2D eigenvalue weighted by atomic mass is 19.4. The monoisotopic (exact) mass is 722 g/mol. The van der Waals surface area contributed by atoms with Crippen LogP contribution in [0.5, 0.6) is 0 Å². The van der Waals surface area contributed by atoms with E-state index in [9.17, 15) is 35.1 Å². The van der Waals surface area contributed by atoms with Crippen molar-refractivity contribution in [1.29, 1.82) is 0 Å². The van der Waals surface area contributed by atoms with E-state index in [1.165, 1.54) is 64.7 Å². The van der Waals surface area contributed by atoms with Gasteiger partial charge in [0.2, 0.25) is 0 Å². The predicted octanol–water partition coefficient (Wildman–Crippen LogP) is 12.0. The van der Waals surface area contributed by atoms with E-state index in [0.717, 1.165) is 36.7 Å². The Morgan fingerprint density at radius 3 is 2.02 bits per heavy atom.